The number of carboxylic acids is 1. The van der Waals surface area contributed by atoms with Crippen LogP contribution in [0.4, 0.5) is 0 Å². The van der Waals surface area contributed by atoms with Gasteiger partial charge in [0.2, 0.25) is 0 Å². The van der Waals surface area contributed by atoms with Crippen LogP contribution >= 0.6 is 0 Å². The second-order valence-corrected chi connectivity index (χ2v) is 8.09. The topological polar surface area (TPSA) is 255 Å². The number of aliphatic hydroxyl groups is 8. The molecule has 3 rings (SSSR count). The number of carboxylic acid groups (broad SMARTS) is 1. The summed E-state index contributed by atoms with van der Waals surface area (Å²) in [5.41, 5.74) is 0. The lowest BCUT2D eigenvalue weighted by atomic mass is 9.96. The number of hydrogen-bond acceptors (Lipinski definition) is 15. The van der Waals surface area contributed by atoms with Gasteiger partial charge in [0, 0.05) is 7.11 Å². The van der Waals surface area contributed by atoms with Crippen LogP contribution in [0.3, 0.4) is 0 Å². The van der Waals surface area contributed by atoms with E-state index in [0.29, 0.717) is 0 Å². The van der Waals surface area contributed by atoms with Crippen molar-refractivity contribution >= 4 is 5.97 Å². The Morgan fingerprint density at radius 2 is 1.15 bits per heavy atom. The zero-order chi connectivity index (χ0) is 25.3. The van der Waals surface area contributed by atoms with Crippen LogP contribution in [0.25, 0.3) is 0 Å². The maximum Gasteiger partial charge on any atom is 0.335 e. The van der Waals surface area contributed by atoms with E-state index in [1.54, 1.807) is 0 Å². The van der Waals surface area contributed by atoms with Gasteiger partial charge in [-0.15, -0.1) is 0 Å². The summed E-state index contributed by atoms with van der Waals surface area (Å²) in [7, 11) is 1.11. The number of aliphatic carboxylic acids is 1. The van der Waals surface area contributed by atoms with Crippen molar-refractivity contribution in [1.82, 2.24) is 0 Å². The van der Waals surface area contributed by atoms with E-state index in [-0.39, 0.29) is 0 Å². The van der Waals surface area contributed by atoms with Crippen molar-refractivity contribution in [3.05, 3.63) is 0 Å². The molecule has 0 aliphatic carbocycles. The van der Waals surface area contributed by atoms with Crippen LogP contribution in [-0.2, 0) is 33.2 Å². The molecule has 0 amide bonds. The molecule has 14 atom stereocenters. The Morgan fingerprint density at radius 3 is 1.62 bits per heavy atom. The molecule has 0 bridgehead atoms. The molecule has 34 heavy (non-hydrogen) atoms. The van der Waals surface area contributed by atoms with Gasteiger partial charge in [0.15, 0.2) is 25.0 Å². The molecule has 3 aliphatic rings. The first-order chi connectivity index (χ1) is 16.0. The molecule has 16 nitrogen and oxygen atoms in total. The third kappa shape index (κ3) is 5.20. The average molecular weight is 502 g/mol. The van der Waals surface area contributed by atoms with Crippen LogP contribution < -0.4 is 0 Å². The van der Waals surface area contributed by atoms with Gasteiger partial charge in [0.25, 0.3) is 0 Å². The van der Waals surface area contributed by atoms with Gasteiger partial charge in [-0.25, -0.2) is 4.79 Å². The summed E-state index contributed by atoms with van der Waals surface area (Å²) in [5.74, 6) is -1.60. The number of hydrogen-bond donors (Lipinski definition) is 9. The van der Waals surface area contributed by atoms with Crippen molar-refractivity contribution in [2.75, 3.05) is 20.3 Å². The first kappa shape index (κ1) is 27.5. The van der Waals surface area contributed by atoms with Gasteiger partial charge < -0.3 is 74.4 Å². The largest absolute Gasteiger partial charge is 0.479 e. The highest BCUT2D eigenvalue weighted by Gasteiger charge is 2.55. The van der Waals surface area contributed by atoms with E-state index < -0.39 is 105 Å². The monoisotopic (exact) mass is 502 g/mol. The molecule has 3 saturated heterocycles. The average Bonchev–Trinajstić information content (AvgIpc) is 3.09. The summed E-state index contributed by atoms with van der Waals surface area (Å²) < 4.78 is 32.0. The van der Waals surface area contributed by atoms with Gasteiger partial charge in [-0.2, -0.15) is 0 Å². The molecule has 0 saturated carbocycles. The molecule has 9 N–H and O–H groups in total. The van der Waals surface area contributed by atoms with Gasteiger partial charge in [0.05, 0.1) is 13.2 Å². The van der Waals surface area contributed by atoms with Gasteiger partial charge in [-0.05, 0) is 0 Å². The Balaban J connectivity index is 1.87. The molecule has 0 aromatic heterocycles. The number of rotatable bonds is 8. The summed E-state index contributed by atoms with van der Waals surface area (Å²) in [6, 6.07) is 0. The van der Waals surface area contributed by atoms with Crippen LogP contribution in [0, 0.1) is 0 Å². The molecule has 3 fully saturated rings. The Kier molecular flexibility index (Phi) is 9.15. The van der Waals surface area contributed by atoms with Crippen LogP contribution in [0.2, 0.25) is 0 Å². The number of aliphatic hydroxyl groups excluding tert-OH is 8. The molecule has 0 aromatic rings. The minimum atomic E-state index is -1.97. The quantitative estimate of drug-likeness (QED) is 0.150. The third-order valence-corrected chi connectivity index (χ3v) is 5.92. The SMILES string of the molecule is CO[C@@H]1OC(C(=O)O)[C@H](O)[C@H](O[C@@H]2O[C@H](CO)[C@H](O)C2O)C1O[C@@H]1OC(CO)[C@H](O)[C@H](O)C1O. The molecule has 3 heterocycles. The Hall–Kier alpha value is -1.09. The van der Waals surface area contributed by atoms with Crippen molar-refractivity contribution in [2.24, 2.45) is 0 Å². The third-order valence-electron chi connectivity index (χ3n) is 5.92. The highest BCUT2D eigenvalue weighted by Crippen LogP contribution is 2.33. The van der Waals surface area contributed by atoms with E-state index in [1.165, 1.54) is 0 Å². The summed E-state index contributed by atoms with van der Waals surface area (Å²) >= 11 is 0. The first-order valence-corrected chi connectivity index (χ1v) is 10.4. The minimum Gasteiger partial charge on any atom is -0.479 e. The Bertz CT molecular complexity index is 678. The van der Waals surface area contributed by atoms with Gasteiger partial charge in [0.1, 0.15) is 61.0 Å². The lowest BCUT2D eigenvalue weighted by Gasteiger charge is -2.46. The molecule has 16 heteroatoms. The fourth-order valence-corrected chi connectivity index (χ4v) is 3.98. The molecular weight excluding hydrogens is 472 g/mol. The van der Waals surface area contributed by atoms with Crippen LogP contribution in [0.1, 0.15) is 0 Å². The standard InChI is InChI=1S/C18H30O16/c1-29-18-14(34-17-10(25)8(23)6(21)4(2-19)30-17)12(11(26)13(33-18)15(27)28)32-16-9(24)7(22)5(3-20)31-16/h4-14,16-26H,2-3H2,1H3,(H,27,28)/t4?,5-,6+,7+,8+,9?,10?,11-,12+,13?,14?,16+,17+,18-/m1/s1. The van der Waals surface area contributed by atoms with Gasteiger partial charge in [-0.3, -0.25) is 0 Å². The van der Waals surface area contributed by atoms with Crippen LogP contribution in [0.15, 0.2) is 0 Å². The van der Waals surface area contributed by atoms with Crippen LogP contribution in [0.5, 0.6) is 0 Å². The first-order valence-electron chi connectivity index (χ1n) is 10.4. The summed E-state index contributed by atoms with van der Waals surface area (Å²) in [6.07, 6.45) is -23.4. The lowest BCUT2D eigenvalue weighted by molar-refractivity contribution is -0.374. The van der Waals surface area contributed by atoms with E-state index in [0.717, 1.165) is 7.11 Å². The molecule has 0 aromatic carbocycles. The highest BCUT2D eigenvalue weighted by molar-refractivity contribution is 5.73. The maximum atomic E-state index is 11.6. The molecule has 0 radical (unpaired) electrons. The molecule has 198 valence electrons. The van der Waals surface area contributed by atoms with E-state index in [9.17, 15) is 50.8 Å². The van der Waals surface area contributed by atoms with E-state index >= 15 is 0 Å². The smallest absolute Gasteiger partial charge is 0.335 e. The molecular formula is C18H30O16. The fraction of sp³-hybridized carbons (Fsp3) is 0.944. The number of ether oxygens (including phenoxy) is 6. The van der Waals surface area contributed by atoms with Crippen molar-refractivity contribution in [3.8, 4) is 0 Å². The van der Waals surface area contributed by atoms with Crippen molar-refractivity contribution in [1.29, 1.82) is 0 Å². The zero-order valence-corrected chi connectivity index (χ0v) is 17.9. The fourth-order valence-electron chi connectivity index (χ4n) is 3.98. The van der Waals surface area contributed by atoms with Gasteiger partial charge in [-0.1, -0.05) is 0 Å². The summed E-state index contributed by atoms with van der Waals surface area (Å²) in [6.45, 7) is -1.44. The zero-order valence-electron chi connectivity index (χ0n) is 17.9. The van der Waals surface area contributed by atoms with E-state index in [1.807, 2.05) is 0 Å². The Morgan fingerprint density at radius 1 is 0.676 bits per heavy atom. The molecule has 5 unspecified atom stereocenters. The Labute approximate surface area is 192 Å². The number of methoxy groups -OCH3 is 1. The number of carbonyl (C=O) groups is 1. The van der Waals surface area contributed by atoms with E-state index in [4.69, 9.17) is 28.4 Å². The van der Waals surface area contributed by atoms with Crippen molar-refractivity contribution < 1.29 is 79.2 Å². The summed E-state index contributed by atoms with van der Waals surface area (Å²) in [5, 5.41) is 89.1. The van der Waals surface area contributed by atoms with Crippen molar-refractivity contribution in [2.45, 2.75) is 86.0 Å². The summed E-state index contributed by atoms with van der Waals surface area (Å²) in [4.78, 5) is 11.6. The molecule has 0 spiro atoms. The lowest BCUT2D eigenvalue weighted by Crippen LogP contribution is -2.66. The highest BCUT2D eigenvalue weighted by atomic mass is 16.8. The van der Waals surface area contributed by atoms with Crippen LogP contribution in [-0.4, -0.2) is 158 Å². The predicted molar refractivity (Wildman–Crippen MR) is 101 cm³/mol. The second kappa shape index (κ2) is 11.3. The van der Waals surface area contributed by atoms with Crippen molar-refractivity contribution in [3.63, 3.8) is 0 Å². The molecule has 3 aliphatic heterocycles. The minimum absolute atomic E-state index is 0.683. The predicted octanol–water partition coefficient (Wildman–Crippen LogP) is -6.19. The van der Waals surface area contributed by atoms with Gasteiger partial charge >= 0.3 is 5.97 Å². The normalized spacial score (nSPS) is 49.8. The maximum absolute atomic E-state index is 11.6. The second-order valence-electron chi connectivity index (χ2n) is 8.09. The van der Waals surface area contributed by atoms with E-state index in [2.05, 4.69) is 0 Å².